The highest BCUT2D eigenvalue weighted by Crippen LogP contribution is 2.44. The second kappa shape index (κ2) is 15.3. The van der Waals surface area contributed by atoms with Gasteiger partial charge in [-0.3, -0.25) is 9.69 Å². The first kappa shape index (κ1) is 39.2. The van der Waals surface area contributed by atoms with Gasteiger partial charge in [-0.1, -0.05) is 39.0 Å². The van der Waals surface area contributed by atoms with Gasteiger partial charge in [0.15, 0.2) is 0 Å². The van der Waals surface area contributed by atoms with Crippen LogP contribution >= 0.6 is 0 Å². The molecule has 0 saturated carbocycles. The van der Waals surface area contributed by atoms with Gasteiger partial charge in [-0.25, -0.2) is 19.6 Å². The van der Waals surface area contributed by atoms with Crippen molar-refractivity contribution in [3.63, 3.8) is 0 Å². The van der Waals surface area contributed by atoms with Gasteiger partial charge in [0.2, 0.25) is 5.91 Å². The first-order valence-electron chi connectivity index (χ1n) is 20.1. The van der Waals surface area contributed by atoms with Gasteiger partial charge in [0, 0.05) is 37.1 Å². The fraction of sp³-hybridized carbons (Fsp3) is 0.477. The lowest BCUT2D eigenvalue weighted by Gasteiger charge is -2.30. The van der Waals surface area contributed by atoms with Gasteiger partial charge in [-0.05, 0) is 91.8 Å². The Balaban J connectivity index is 1.05. The van der Waals surface area contributed by atoms with Gasteiger partial charge in [0.05, 0.1) is 48.7 Å². The molecule has 5 atom stereocenters. The highest BCUT2D eigenvalue weighted by molar-refractivity contribution is 6.07. The van der Waals surface area contributed by atoms with Crippen LogP contribution in [0.25, 0.3) is 44.2 Å². The average molecular weight is 792 g/mol. The molecule has 5 heterocycles. The monoisotopic (exact) mass is 791 g/mol. The Labute approximate surface area is 338 Å². The van der Waals surface area contributed by atoms with Crippen molar-refractivity contribution < 1.29 is 33.3 Å². The fourth-order valence-corrected chi connectivity index (χ4v) is 8.78. The number of hydrogen-bond acceptors (Lipinski definition) is 9. The molecular weight excluding hydrogens is 739 g/mol. The Hall–Kier alpha value is -5.63. The summed E-state index contributed by atoms with van der Waals surface area (Å²) in [5.74, 6) is 2.39. The van der Waals surface area contributed by atoms with E-state index in [1.54, 1.807) is 12.0 Å². The summed E-state index contributed by atoms with van der Waals surface area (Å²) in [6, 6.07) is 13.5. The molecule has 1 unspecified atom stereocenters. The van der Waals surface area contributed by atoms with Crippen molar-refractivity contribution in [2.24, 2.45) is 17.8 Å². The second-order valence-electron chi connectivity index (χ2n) is 17.4. The normalized spacial score (nSPS) is 20.9. The van der Waals surface area contributed by atoms with Crippen LogP contribution < -0.4 is 10.1 Å². The minimum Gasteiger partial charge on any atom is -0.488 e. The van der Waals surface area contributed by atoms with Gasteiger partial charge in [0.1, 0.15) is 35.6 Å². The number of H-pyrrole nitrogens is 2. The summed E-state index contributed by atoms with van der Waals surface area (Å²) in [6.45, 7) is 13.6. The topological polar surface area (TPSA) is 164 Å². The van der Waals surface area contributed by atoms with Crippen LogP contribution in [0.1, 0.15) is 83.7 Å². The van der Waals surface area contributed by atoms with Crippen molar-refractivity contribution >= 4 is 39.9 Å². The van der Waals surface area contributed by atoms with Gasteiger partial charge in [0.25, 0.3) is 0 Å². The zero-order valence-corrected chi connectivity index (χ0v) is 34.5. The molecule has 0 bridgehead atoms. The number of aromatic nitrogens is 4. The number of likely N-dealkylation sites (tertiary alicyclic amines) is 2. The average Bonchev–Trinajstić information content (AvgIpc) is 4.00. The number of nitrogens with zero attached hydrogens (tertiary/aromatic N) is 4. The molecular formula is C44H53N7O7. The maximum absolute atomic E-state index is 13.9. The van der Waals surface area contributed by atoms with Gasteiger partial charge >= 0.3 is 12.2 Å². The molecule has 0 radical (unpaired) electrons. The maximum Gasteiger partial charge on any atom is 0.410 e. The van der Waals surface area contributed by atoms with Crippen LogP contribution in [0.2, 0.25) is 0 Å². The molecule has 8 rings (SSSR count). The number of ether oxygens (including phenoxy) is 4. The van der Waals surface area contributed by atoms with Crippen LogP contribution in [0.3, 0.4) is 0 Å². The minimum atomic E-state index is -0.715. The predicted octanol–water partition coefficient (Wildman–Crippen LogP) is 7.90. The highest BCUT2D eigenvalue weighted by Gasteiger charge is 2.41. The summed E-state index contributed by atoms with van der Waals surface area (Å²) in [7, 11) is 2.98. The number of hydrogen-bond donors (Lipinski definition) is 3. The number of carbonyl (C=O) groups excluding carboxylic acids is 3. The Bertz CT molecular complexity index is 2380. The van der Waals surface area contributed by atoms with Crippen molar-refractivity contribution in [1.29, 1.82) is 0 Å². The standard InChI is InChI=1S/C44H53N7O7/c1-23(2)37(49-42(53)56-8)41(52)50-19-24(3)13-34(50)40-46-32-12-10-26-16-31-29-11-9-27(15-28(29)22-57-36(31)17-30(26)38(32)48-40)33-18-45-39(47-33)35-14-25(21-55-7)20-51(35)43(54)58-44(4,5)6/h9-12,15-18,23-25,34-35,37H,13-14,19-22H2,1-8H3,(H,45,47)(H,46,48)(H,49,53)/t24-,25-,34?,35-,37-/m0/s1. The highest BCUT2D eigenvalue weighted by atomic mass is 16.6. The second-order valence-corrected chi connectivity index (χ2v) is 17.4. The van der Waals surface area contributed by atoms with Crippen LogP contribution in [-0.4, -0.2) is 93.4 Å². The number of aromatic amines is 2. The third-order valence-electron chi connectivity index (χ3n) is 11.5. The molecule has 306 valence electrons. The van der Waals surface area contributed by atoms with Crippen LogP contribution in [0.5, 0.6) is 5.75 Å². The molecule has 58 heavy (non-hydrogen) atoms. The molecule has 5 aromatic rings. The van der Waals surface area contributed by atoms with Crippen molar-refractivity contribution in [2.75, 3.05) is 33.9 Å². The van der Waals surface area contributed by atoms with Crippen molar-refractivity contribution in [3.05, 3.63) is 65.9 Å². The van der Waals surface area contributed by atoms with E-state index in [-0.39, 0.29) is 41.8 Å². The summed E-state index contributed by atoms with van der Waals surface area (Å²) in [4.78, 5) is 59.7. The summed E-state index contributed by atoms with van der Waals surface area (Å²) in [6.07, 6.45) is 2.32. The predicted molar refractivity (Wildman–Crippen MR) is 219 cm³/mol. The molecule has 14 nitrogen and oxygen atoms in total. The molecule has 2 saturated heterocycles. The molecule has 2 aromatic heterocycles. The van der Waals surface area contributed by atoms with Crippen molar-refractivity contribution in [3.8, 4) is 28.1 Å². The number of imidazole rings is 2. The number of fused-ring (bicyclic) bond motifs is 6. The maximum atomic E-state index is 13.9. The van der Waals surface area contributed by atoms with Gasteiger partial charge < -0.3 is 39.1 Å². The molecule has 0 aliphatic carbocycles. The number of rotatable bonds is 8. The third-order valence-corrected chi connectivity index (χ3v) is 11.5. The van der Waals surface area contributed by atoms with E-state index in [4.69, 9.17) is 28.9 Å². The lowest BCUT2D eigenvalue weighted by atomic mass is 9.92. The zero-order valence-electron chi connectivity index (χ0n) is 34.5. The number of methoxy groups -OCH3 is 2. The Kier molecular flexibility index (Phi) is 10.3. The van der Waals surface area contributed by atoms with Crippen LogP contribution in [0.15, 0.2) is 48.7 Å². The molecule has 3 aromatic carbocycles. The molecule has 3 amide bonds. The number of alkyl carbamates (subject to hydrolysis) is 1. The number of nitrogens with one attached hydrogen (secondary N) is 3. The molecule has 3 aliphatic heterocycles. The Morgan fingerprint density at radius 3 is 2.50 bits per heavy atom. The number of carbonyl (C=O) groups is 3. The summed E-state index contributed by atoms with van der Waals surface area (Å²) in [5, 5.41) is 4.75. The Morgan fingerprint density at radius 2 is 1.76 bits per heavy atom. The summed E-state index contributed by atoms with van der Waals surface area (Å²) < 4.78 is 22.4. The lowest BCUT2D eigenvalue weighted by Crippen LogP contribution is -2.51. The smallest absolute Gasteiger partial charge is 0.410 e. The van der Waals surface area contributed by atoms with Crippen LogP contribution in [0, 0.1) is 17.8 Å². The number of amides is 3. The summed E-state index contributed by atoms with van der Waals surface area (Å²) >= 11 is 0. The SMILES string of the molecule is COC[C@H]1C[C@@H](c2ncc(-c3ccc4c(c3)COc3cc5c(ccc6nc(C7C[C@H](C)CN7C(=O)[C@@H](NC(=O)OC)C(C)C)[nH]c65)cc3-4)[nH]2)N(C(=O)OC(C)(C)C)C1. The largest absolute Gasteiger partial charge is 0.488 e. The van der Waals surface area contributed by atoms with E-state index in [0.717, 1.165) is 80.0 Å². The van der Waals surface area contributed by atoms with Gasteiger partial charge in [-0.15, -0.1) is 0 Å². The lowest BCUT2D eigenvalue weighted by molar-refractivity contribution is -0.135. The molecule has 2 fully saturated rings. The van der Waals surface area contributed by atoms with Crippen LogP contribution in [-0.2, 0) is 25.6 Å². The zero-order chi connectivity index (χ0) is 41.0. The molecule has 3 aliphatic rings. The molecule has 14 heteroatoms. The number of benzene rings is 3. The first-order valence-corrected chi connectivity index (χ1v) is 20.1. The Morgan fingerprint density at radius 1 is 0.966 bits per heavy atom. The van der Waals surface area contributed by atoms with E-state index in [1.807, 2.05) is 51.8 Å². The van der Waals surface area contributed by atoms with E-state index >= 15 is 0 Å². The van der Waals surface area contributed by atoms with E-state index < -0.39 is 17.7 Å². The van der Waals surface area contributed by atoms with E-state index in [1.165, 1.54) is 7.11 Å². The first-order chi connectivity index (χ1) is 27.7. The fourth-order valence-electron chi connectivity index (χ4n) is 8.78. The molecule has 3 N–H and O–H groups in total. The molecule has 0 spiro atoms. The van der Waals surface area contributed by atoms with Crippen molar-refractivity contribution in [2.45, 2.75) is 84.7 Å². The summed E-state index contributed by atoms with van der Waals surface area (Å²) in [5.41, 5.74) is 6.08. The minimum absolute atomic E-state index is 0.126. The van der Waals surface area contributed by atoms with E-state index in [9.17, 15) is 14.4 Å². The third kappa shape index (κ3) is 7.45. The van der Waals surface area contributed by atoms with Gasteiger partial charge in [-0.2, -0.15) is 0 Å². The van der Waals surface area contributed by atoms with E-state index in [2.05, 4.69) is 58.6 Å². The van der Waals surface area contributed by atoms with E-state index in [0.29, 0.717) is 26.3 Å². The quantitative estimate of drug-likeness (QED) is 0.142. The van der Waals surface area contributed by atoms with Crippen LogP contribution in [0.4, 0.5) is 9.59 Å². The van der Waals surface area contributed by atoms with Crippen molar-refractivity contribution in [1.82, 2.24) is 35.1 Å².